The summed E-state index contributed by atoms with van der Waals surface area (Å²) in [7, 11) is 2.11. The van der Waals surface area contributed by atoms with Gasteiger partial charge in [-0.3, -0.25) is 14.6 Å². The molecule has 0 radical (unpaired) electrons. The molecule has 0 saturated carbocycles. The van der Waals surface area contributed by atoms with Gasteiger partial charge in [0.05, 0.1) is 28.3 Å². The van der Waals surface area contributed by atoms with Gasteiger partial charge in [-0.1, -0.05) is 29.8 Å². The molecule has 3 aliphatic heterocycles. The fourth-order valence-electron chi connectivity index (χ4n) is 5.72. The molecule has 1 N–H and O–H groups in total. The van der Waals surface area contributed by atoms with Crippen LogP contribution >= 0.6 is 23.2 Å². The monoisotopic (exact) mass is 624 g/mol. The van der Waals surface area contributed by atoms with Crippen molar-refractivity contribution in [1.82, 2.24) is 19.8 Å². The quantitative estimate of drug-likeness (QED) is 0.379. The molecule has 13 heteroatoms. The fourth-order valence-corrected chi connectivity index (χ4v) is 6.19. The number of aromatic nitrogens is 2. The number of halogens is 3. The van der Waals surface area contributed by atoms with Crippen molar-refractivity contribution in [3.63, 3.8) is 0 Å². The van der Waals surface area contributed by atoms with Gasteiger partial charge in [0.1, 0.15) is 11.6 Å². The first-order valence-corrected chi connectivity index (χ1v) is 14.8. The predicted octanol–water partition coefficient (Wildman–Crippen LogP) is 5.15. The van der Waals surface area contributed by atoms with Crippen LogP contribution in [0.3, 0.4) is 0 Å². The van der Waals surface area contributed by atoms with Crippen LogP contribution < -0.4 is 20.0 Å². The van der Waals surface area contributed by atoms with Crippen molar-refractivity contribution in [2.24, 2.45) is 0 Å². The number of carbonyl (C=O) groups excluding carboxylic acids is 2. The summed E-state index contributed by atoms with van der Waals surface area (Å²) in [5.74, 6) is -0.0196. The van der Waals surface area contributed by atoms with Crippen LogP contribution in [0, 0.1) is 5.82 Å². The van der Waals surface area contributed by atoms with Gasteiger partial charge in [0.2, 0.25) is 11.9 Å². The van der Waals surface area contributed by atoms with Crippen molar-refractivity contribution in [2.45, 2.75) is 19.0 Å². The molecule has 6 rings (SSSR count). The minimum atomic E-state index is -0.572. The van der Waals surface area contributed by atoms with E-state index in [2.05, 4.69) is 33.7 Å². The molecule has 3 aliphatic rings. The first kappa shape index (κ1) is 29.2. The van der Waals surface area contributed by atoms with Crippen LogP contribution in [0.5, 0.6) is 0 Å². The number of benzene rings is 2. The van der Waals surface area contributed by atoms with E-state index in [1.807, 2.05) is 18.2 Å². The van der Waals surface area contributed by atoms with E-state index in [9.17, 15) is 14.0 Å². The van der Waals surface area contributed by atoms with Crippen LogP contribution in [-0.2, 0) is 11.3 Å². The van der Waals surface area contributed by atoms with Gasteiger partial charge < -0.3 is 20.0 Å². The number of piperazine rings is 1. The fraction of sp³-hybridized carbons (Fsp3) is 0.333. The van der Waals surface area contributed by atoms with E-state index in [-0.39, 0.29) is 29.5 Å². The number of hydrogen-bond donors (Lipinski definition) is 1. The first-order valence-electron chi connectivity index (χ1n) is 14.0. The Kier molecular flexibility index (Phi) is 8.13. The number of likely N-dealkylation sites (N-methyl/N-ethyl adjacent to an activating group) is 1. The standard InChI is InChI=1S/C30H31Cl2FN8O2/c1-3-27(42)39-9-8-22(18-39)41-28-19(17-40(30(41)43)21-5-6-25(33)23(31)15-21)16-34-29(36-28)35-20-4-7-26(24(32)14-20)38-12-10-37(2)11-13-38/h3-7,14-16,22H,1,8-13,17-18H2,2H3,(H,34,35,36). The lowest BCUT2D eigenvalue weighted by Crippen LogP contribution is -2.53. The number of fused-ring (bicyclic) bond motifs is 1. The lowest BCUT2D eigenvalue weighted by atomic mass is 10.1. The number of rotatable bonds is 6. The van der Waals surface area contributed by atoms with E-state index in [0.717, 1.165) is 31.9 Å². The Morgan fingerprint density at radius 2 is 1.88 bits per heavy atom. The maximum atomic E-state index is 14.0. The summed E-state index contributed by atoms with van der Waals surface area (Å²) in [6, 6.07) is 9.24. The van der Waals surface area contributed by atoms with Gasteiger partial charge in [-0.05, 0) is 55.9 Å². The Morgan fingerprint density at radius 1 is 1.09 bits per heavy atom. The third-order valence-electron chi connectivity index (χ3n) is 8.11. The van der Waals surface area contributed by atoms with E-state index < -0.39 is 5.82 Å². The van der Waals surface area contributed by atoms with Crippen LogP contribution in [0.15, 0.2) is 55.3 Å². The molecular formula is C30H31Cl2FN8O2. The van der Waals surface area contributed by atoms with Gasteiger partial charge in [-0.2, -0.15) is 4.98 Å². The van der Waals surface area contributed by atoms with Crippen LogP contribution in [0.2, 0.25) is 10.0 Å². The van der Waals surface area contributed by atoms with E-state index >= 15 is 0 Å². The number of carbonyl (C=O) groups is 2. The lowest BCUT2D eigenvalue weighted by molar-refractivity contribution is -0.125. The third kappa shape index (κ3) is 5.84. The average Bonchev–Trinajstić information content (AvgIpc) is 3.48. The van der Waals surface area contributed by atoms with E-state index in [1.54, 1.807) is 16.0 Å². The molecule has 43 heavy (non-hydrogen) atoms. The minimum Gasteiger partial charge on any atom is -0.368 e. The zero-order valence-corrected chi connectivity index (χ0v) is 25.2. The summed E-state index contributed by atoms with van der Waals surface area (Å²) in [6.45, 7) is 8.30. The number of nitrogens with zero attached hydrogens (tertiary/aromatic N) is 7. The minimum absolute atomic E-state index is 0.0839. The second-order valence-electron chi connectivity index (χ2n) is 10.9. The number of amides is 3. The van der Waals surface area contributed by atoms with Crippen LogP contribution in [0.1, 0.15) is 12.0 Å². The normalized spacial score (nSPS) is 19.1. The van der Waals surface area contributed by atoms with Gasteiger partial charge in [-0.15, -0.1) is 0 Å². The van der Waals surface area contributed by atoms with Crippen molar-refractivity contribution in [3.8, 4) is 0 Å². The average molecular weight is 626 g/mol. The number of urea groups is 1. The number of nitrogens with one attached hydrogen (secondary N) is 1. The molecular weight excluding hydrogens is 594 g/mol. The first-order chi connectivity index (χ1) is 20.7. The SMILES string of the molecule is C=CC(=O)N1CCC(N2C(=O)N(c3ccc(F)c(Cl)c3)Cc3cnc(Nc4ccc(N5CCN(C)CC5)c(Cl)c4)nc32)C1. The van der Waals surface area contributed by atoms with E-state index in [4.69, 9.17) is 28.2 Å². The zero-order valence-electron chi connectivity index (χ0n) is 23.6. The highest BCUT2D eigenvalue weighted by Gasteiger charge is 2.41. The van der Waals surface area contributed by atoms with E-state index in [1.165, 1.54) is 29.2 Å². The highest BCUT2D eigenvalue weighted by Crippen LogP contribution is 2.36. The van der Waals surface area contributed by atoms with Gasteiger partial charge >= 0.3 is 6.03 Å². The van der Waals surface area contributed by atoms with Crippen molar-refractivity contribution in [2.75, 3.05) is 66.3 Å². The van der Waals surface area contributed by atoms with Crippen LogP contribution in [0.4, 0.5) is 38.0 Å². The Labute approximate surface area is 259 Å². The summed E-state index contributed by atoms with van der Waals surface area (Å²) in [5, 5.41) is 3.77. The molecule has 2 aromatic carbocycles. The topological polar surface area (TPSA) is 88.1 Å². The molecule has 0 spiro atoms. The van der Waals surface area contributed by atoms with Crippen LogP contribution in [-0.4, -0.2) is 84.1 Å². The molecule has 2 saturated heterocycles. The molecule has 3 aromatic rings. The summed E-state index contributed by atoms with van der Waals surface area (Å²) >= 11 is 12.7. The van der Waals surface area contributed by atoms with Gasteiger partial charge in [-0.25, -0.2) is 14.2 Å². The molecule has 1 aromatic heterocycles. The molecule has 10 nitrogen and oxygen atoms in total. The lowest BCUT2D eigenvalue weighted by Gasteiger charge is -2.39. The Hall–Kier alpha value is -3.93. The van der Waals surface area contributed by atoms with Crippen molar-refractivity contribution in [1.29, 1.82) is 0 Å². The predicted molar refractivity (Wildman–Crippen MR) is 167 cm³/mol. The zero-order chi connectivity index (χ0) is 30.2. The highest BCUT2D eigenvalue weighted by atomic mass is 35.5. The second-order valence-corrected chi connectivity index (χ2v) is 11.7. The number of anilines is 5. The third-order valence-corrected chi connectivity index (χ3v) is 8.71. The molecule has 0 aliphatic carbocycles. The Bertz CT molecular complexity index is 1580. The molecule has 1 unspecified atom stereocenters. The Balaban J connectivity index is 1.30. The molecule has 2 fully saturated rings. The number of hydrogen-bond acceptors (Lipinski definition) is 7. The largest absolute Gasteiger partial charge is 0.368 e. The molecule has 1 atom stereocenters. The summed E-state index contributed by atoms with van der Waals surface area (Å²) in [5.41, 5.74) is 2.83. The van der Waals surface area contributed by atoms with Gasteiger partial charge in [0.15, 0.2) is 0 Å². The molecule has 224 valence electrons. The van der Waals surface area contributed by atoms with E-state index in [0.29, 0.717) is 53.2 Å². The van der Waals surface area contributed by atoms with Gasteiger partial charge in [0.25, 0.3) is 0 Å². The number of likely N-dealkylation sites (tertiary alicyclic amines) is 1. The van der Waals surface area contributed by atoms with Crippen molar-refractivity contribution in [3.05, 3.63) is 76.7 Å². The summed E-state index contributed by atoms with van der Waals surface area (Å²) in [6.07, 6.45) is 3.49. The van der Waals surface area contributed by atoms with Crippen LogP contribution in [0.25, 0.3) is 0 Å². The van der Waals surface area contributed by atoms with Gasteiger partial charge in [0, 0.05) is 62.4 Å². The van der Waals surface area contributed by atoms with Crippen molar-refractivity contribution >= 4 is 64.0 Å². The molecule has 4 heterocycles. The molecule has 3 amide bonds. The maximum Gasteiger partial charge on any atom is 0.330 e. The molecule has 0 bridgehead atoms. The summed E-state index contributed by atoms with van der Waals surface area (Å²) < 4.78 is 13.9. The maximum absolute atomic E-state index is 14.0. The van der Waals surface area contributed by atoms with Crippen molar-refractivity contribution < 1.29 is 14.0 Å². The summed E-state index contributed by atoms with van der Waals surface area (Å²) in [4.78, 5) is 45.0. The highest BCUT2D eigenvalue weighted by molar-refractivity contribution is 6.33. The smallest absolute Gasteiger partial charge is 0.330 e. The Morgan fingerprint density at radius 3 is 2.60 bits per heavy atom. The second kappa shape index (κ2) is 12.0.